The number of hydrogen-bond acceptors (Lipinski definition) is 5. The summed E-state index contributed by atoms with van der Waals surface area (Å²) < 4.78 is 67.2. The first-order valence-electron chi connectivity index (χ1n) is 9.07. The number of benzene rings is 3. The second kappa shape index (κ2) is 9.53. The average Bonchev–Trinajstić information content (AvgIpc) is 2.76. The number of rotatable bonds is 7. The number of amides is 1. The van der Waals surface area contributed by atoms with Crippen LogP contribution in [0.4, 0.5) is 18.9 Å². The van der Waals surface area contributed by atoms with E-state index in [1.54, 1.807) is 6.07 Å². The second-order valence-corrected chi connectivity index (χ2v) is 8.45. The minimum atomic E-state index is -4.06. The Balaban J connectivity index is 1.75. The highest BCUT2D eigenvalue weighted by atomic mass is 32.2. The molecular formula is C20H16BF3N2O5S. The molecular weight excluding hydrogens is 448 g/mol. The number of hydrogen-bond donors (Lipinski definition) is 4. The van der Waals surface area contributed by atoms with Gasteiger partial charge < -0.3 is 15.4 Å². The predicted molar refractivity (Wildman–Crippen MR) is 111 cm³/mol. The van der Waals surface area contributed by atoms with Crippen LogP contribution in [0.15, 0.2) is 65.6 Å². The van der Waals surface area contributed by atoms with Gasteiger partial charge in [-0.15, -0.1) is 0 Å². The highest BCUT2D eigenvalue weighted by Crippen LogP contribution is 2.19. The molecule has 0 spiro atoms. The molecule has 166 valence electrons. The first-order chi connectivity index (χ1) is 15.1. The largest absolute Gasteiger partial charge is 0.488 e. The van der Waals surface area contributed by atoms with Gasteiger partial charge in [-0.3, -0.25) is 4.79 Å². The Morgan fingerprint density at radius 1 is 0.938 bits per heavy atom. The number of halogens is 3. The van der Waals surface area contributed by atoms with E-state index in [1.165, 1.54) is 36.4 Å². The minimum Gasteiger partial charge on any atom is -0.423 e. The van der Waals surface area contributed by atoms with Crippen molar-refractivity contribution in [3.05, 3.63) is 89.2 Å². The zero-order chi connectivity index (χ0) is 23.5. The molecule has 0 aliphatic rings. The summed E-state index contributed by atoms with van der Waals surface area (Å²) in [7, 11) is -5.77. The summed E-state index contributed by atoms with van der Waals surface area (Å²) >= 11 is 0. The molecule has 0 radical (unpaired) electrons. The third-order valence-corrected chi connectivity index (χ3v) is 5.76. The van der Waals surface area contributed by atoms with Gasteiger partial charge >= 0.3 is 7.12 Å². The summed E-state index contributed by atoms with van der Waals surface area (Å²) in [5.74, 6) is -5.52. The van der Waals surface area contributed by atoms with Crippen LogP contribution < -0.4 is 15.5 Å². The molecule has 4 N–H and O–H groups in total. The number of carbonyl (C=O) groups is 1. The summed E-state index contributed by atoms with van der Waals surface area (Å²) in [5.41, 5.74) is 0.189. The van der Waals surface area contributed by atoms with E-state index in [4.69, 9.17) is 0 Å². The average molecular weight is 464 g/mol. The van der Waals surface area contributed by atoms with E-state index in [0.29, 0.717) is 17.7 Å². The van der Waals surface area contributed by atoms with Gasteiger partial charge in [-0.2, -0.15) is 0 Å². The van der Waals surface area contributed by atoms with Gasteiger partial charge in [0.2, 0.25) is 10.0 Å². The smallest absolute Gasteiger partial charge is 0.423 e. The van der Waals surface area contributed by atoms with Gasteiger partial charge in [-0.05, 0) is 29.2 Å². The molecule has 0 saturated heterocycles. The maximum absolute atomic E-state index is 13.3. The fourth-order valence-electron chi connectivity index (χ4n) is 2.76. The van der Waals surface area contributed by atoms with Crippen LogP contribution in [0.5, 0.6) is 0 Å². The van der Waals surface area contributed by atoms with Gasteiger partial charge in [-0.1, -0.05) is 30.3 Å². The molecule has 0 bridgehead atoms. The fourth-order valence-corrected chi connectivity index (χ4v) is 3.82. The van der Waals surface area contributed by atoms with Crippen LogP contribution in [0.25, 0.3) is 0 Å². The van der Waals surface area contributed by atoms with E-state index in [2.05, 4.69) is 10.0 Å². The normalized spacial score (nSPS) is 11.3. The van der Waals surface area contributed by atoms with Crippen LogP contribution in [0.2, 0.25) is 0 Å². The Hall–Kier alpha value is -3.19. The van der Waals surface area contributed by atoms with E-state index in [1.807, 2.05) is 0 Å². The van der Waals surface area contributed by atoms with Crippen molar-refractivity contribution in [2.75, 3.05) is 5.32 Å². The summed E-state index contributed by atoms with van der Waals surface area (Å²) in [6.07, 6.45) is 0. The maximum atomic E-state index is 13.3. The number of anilines is 1. The topological polar surface area (TPSA) is 116 Å². The Morgan fingerprint density at radius 3 is 2.25 bits per heavy atom. The summed E-state index contributed by atoms with van der Waals surface area (Å²) in [6.45, 7) is -0.159. The molecule has 0 unspecified atom stereocenters. The third-order valence-electron chi connectivity index (χ3n) is 4.36. The molecule has 0 saturated carbocycles. The van der Waals surface area contributed by atoms with E-state index in [-0.39, 0.29) is 28.2 Å². The zero-order valence-electron chi connectivity index (χ0n) is 16.2. The Kier molecular flexibility index (Phi) is 6.99. The fraction of sp³-hybridized carbons (Fsp3) is 0.0500. The van der Waals surface area contributed by atoms with Gasteiger partial charge in [0, 0.05) is 29.9 Å². The van der Waals surface area contributed by atoms with Crippen molar-refractivity contribution in [1.29, 1.82) is 0 Å². The quantitative estimate of drug-likeness (QED) is 0.313. The monoisotopic (exact) mass is 464 g/mol. The van der Waals surface area contributed by atoms with Crippen molar-refractivity contribution in [2.45, 2.75) is 11.4 Å². The summed E-state index contributed by atoms with van der Waals surface area (Å²) in [6, 6.07) is 12.1. The number of carbonyl (C=O) groups excluding carboxylic acids is 1. The van der Waals surface area contributed by atoms with Crippen molar-refractivity contribution in [2.24, 2.45) is 0 Å². The lowest BCUT2D eigenvalue weighted by molar-refractivity contribution is 0.102. The van der Waals surface area contributed by atoms with E-state index >= 15 is 0 Å². The standard InChI is InChI=1S/C20H16BF3N2O5S/c22-17-9-15(10-18(23)19(17)24)26-20(27)13-4-2-6-16(8-13)32(30,31)25-11-12-3-1-5-14(7-12)21(28)29/h1-10,25,28-29H,11H2,(H,26,27). The molecule has 12 heteroatoms. The highest BCUT2D eigenvalue weighted by Gasteiger charge is 2.18. The number of sulfonamides is 1. The first kappa shape index (κ1) is 23.5. The Labute approximate surface area is 181 Å². The van der Waals surface area contributed by atoms with Crippen LogP contribution in [-0.4, -0.2) is 31.5 Å². The lowest BCUT2D eigenvalue weighted by atomic mass is 9.80. The molecule has 1 amide bonds. The van der Waals surface area contributed by atoms with Gasteiger partial charge in [0.1, 0.15) is 0 Å². The lowest BCUT2D eigenvalue weighted by Crippen LogP contribution is -2.30. The van der Waals surface area contributed by atoms with E-state index in [0.717, 1.165) is 6.07 Å². The summed E-state index contributed by atoms with van der Waals surface area (Å²) in [4.78, 5) is 12.1. The highest BCUT2D eigenvalue weighted by molar-refractivity contribution is 7.89. The Morgan fingerprint density at radius 2 is 1.59 bits per heavy atom. The third kappa shape index (κ3) is 5.54. The molecule has 3 aromatic rings. The van der Waals surface area contributed by atoms with E-state index < -0.39 is 40.5 Å². The van der Waals surface area contributed by atoms with Gasteiger partial charge in [-0.25, -0.2) is 26.3 Å². The van der Waals surface area contributed by atoms with Crippen molar-refractivity contribution in [3.63, 3.8) is 0 Å². The molecule has 32 heavy (non-hydrogen) atoms. The Bertz CT molecular complexity index is 1250. The van der Waals surface area contributed by atoms with Gasteiger partial charge in [0.25, 0.3) is 5.91 Å². The predicted octanol–water partition coefficient (Wildman–Crippen LogP) is 1.51. The van der Waals surface area contributed by atoms with Crippen molar-refractivity contribution in [1.82, 2.24) is 4.72 Å². The molecule has 0 atom stereocenters. The van der Waals surface area contributed by atoms with E-state index in [9.17, 15) is 36.4 Å². The molecule has 3 rings (SSSR count). The lowest BCUT2D eigenvalue weighted by Gasteiger charge is -2.10. The molecule has 0 aromatic heterocycles. The van der Waals surface area contributed by atoms with Crippen molar-refractivity contribution in [3.8, 4) is 0 Å². The van der Waals surface area contributed by atoms with Crippen LogP contribution in [0, 0.1) is 17.5 Å². The van der Waals surface area contributed by atoms with Gasteiger partial charge in [0.15, 0.2) is 17.5 Å². The van der Waals surface area contributed by atoms with Crippen molar-refractivity contribution < 1.29 is 36.4 Å². The van der Waals surface area contributed by atoms with Crippen LogP contribution in [0.3, 0.4) is 0 Å². The van der Waals surface area contributed by atoms with Crippen LogP contribution in [0.1, 0.15) is 15.9 Å². The van der Waals surface area contributed by atoms with Gasteiger partial charge in [0.05, 0.1) is 4.90 Å². The minimum absolute atomic E-state index is 0.122. The van der Waals surface area contributed by atoms with Crippen LogP contribution >= 0.6 is 0 Å². The second-order valence-electron chi connectivity index (χ2n) is 6.68. The number of nitrogens with one attached hydrogen (secondary N) is 2. The van der Waals surface area contributed by atoms with Crippen LogP contribution in [-0.2, 0) is 16.6 Å². The zero-order valence-corrected chi connectivity index (χ0v) is 17.0. The molecule has 3 aromatic carbocycles. The molecule has 7 nitrogen and oxygen atoms in total. The molecule has 0 fully saturated rings. The SMILES string of the molecule is O=C(Nc1cc(F)c(F)c(F)c1)c1cccc(S(=O)(=O)NCc2cccc(B(O)O)c2)c1. The molecule has 0 aliphatic carbocycles. The summed E-state index contributed by atoms with van der Waals surface area (Å²) in [5, 5.41) is 20.6. The molecule has 0 heterocycles. The molecule has 0 aliphatic heterocycles. The van der Waals surface area contributed by atoms with Crippen molar-refractivity contribution >= 4 is 34.2 Å². The maximum Gasteiger partial charge on any atom is 0.488 e. The first-order valence-corrected chi connectivity index (χ1v) is 10.6.